The number of aromatic nitrogens is 2. The van der Waals surface area contributed by atoms with Crippen LogP contribution in [0, 0.1) is 6.92 Å². The lowest BCUT2D eigenvalue weighted by molar-refractivity contribution is -0.136. The Morgan fingerprint density at radius 2 is 2.19 bits per heavy atom. The molecule has 0 aromatic carbocycles. The molecule has 0 aliphatic carbocycles. The second-order valence-electron chi connectivity index (χ2n) is 3.70. The van der Waals surface area contributed by atoms with E-state index in [-0.39, 0.29) is 18.0 Å². The number of fused-ring (bicyclic) bond motifs is 1. The average Bonchev–Trinajstić information content (AvgIpc) is 2.22. The zero-order valence-corrected chi connectivity index (χ0v) is 9.52. The van der Waals surface area contributed by atoms with Crippen LogP contribution in [0.5, 0.6) is 5.75 Å². The molecule has 1 aliphatic heterocycles. The van der Waals surface area contributed by atoms with Crippen LogP contribution in [0.15, 0.2) is 0 Å². The first-order chi connectivity index (χ1) is 7.54. The highest BCUT2D eigenvalue weighted by Gasteiger charge is 2.33. The Balaban J connectivity index is 2.59. The van der Waals surface area contributed by atoms with Crippen LogP contribution in [0.2, 0.25) is 0 Å². The number of nitrogen functional groups attached to an aromatic ring is 1. The van der Waals surface area contributed by atoms with Gasteiger partial charge in [-0.1, -0.05) is 0 Å². The Morgan fingerprint density at radius 1 is 1.50 bits per heavy atom. The van der Waals surface area contributed by atoms with Gasteiger partial charge in [0.2, 0.25) is 5.95 Å². The summed E-state index contributed by atoms with van der Waals surface area (Å²) < 4.78 is 5.20. The lowest BCUT2D eigenvalue weighted by Crippen LogP contribution is -2.45. The van der Waals surface area contributed by atoms with Gasteiger partial charge in [-0.15, -0.1) is 0 Å². The van der Waals surface area contributed by atoms with E-state index in [1.165, 1.54) is 0 Å². The number of anilines is 2. The fourth-order valence-corrected chi connectivity index (χ4v) is 1.80. The van der Waals surface area contributed by atoms with Crippen molar-refractivity contribution in [2.75, 3.05) is 17.2 Å². The smallest absolute Gasteiger partial charge is 0.334 e. The molecule has 1 aromatic heterocycles. The Kier molecular flexibility index (Phi) is 2.41. The lowest BCUT2D eigenvalue weighted by atomic mass is 10.2. The molecular weight excluding hydrogens is 208 g/mol. The molecule has 1 atom stereocenters. The third-order valence-electron chi connectivity index (χ3n) is 2.66. The molecule has 2 N–H and O–H groups in total. The van der Waals surface area contributed by atoms with Gasteiger partial charge in [-0.3, -0.25) is 0 Å². The number of rotatable bonds is 1. The minimum atomic E-state index is -0.341. The van der Waals surface area contributed by atoms with Crippen LogP contribution in [-0.4, -0.2) is 28.5 Å². The van der Waals surface area contributed by atoms with Crippen molar-refractivity contribution in [3.63, 3.8) is 0 Å². The van der Waals surface area contributed by atoms with Crippen molar-refractivity contribution in [3.8, 4) is 5.75 Å². The second kappa shape index (κ2) is 3.62. The number of likely N-dealkylation sites (N-methyl/N-ethyl adjacent to an activating group) is 1. The van der Waals surface area contributed by atoms with Crippen molar-refractivity contribution in [2.24, 2.45) is 0 Å². The molecule has 6 heteroatoms. The van der Waals surface area contributed by atoms with Crippen LogP contribution in [0.4, 0.5) is 11.8 Å². The van der Waals surface area contributed by atoms with E-state index >= 15 is 0 Å². The highest BCUT2D eigenvalue weighted by molar-refractivity contribution is 5.86. The quantitative estimate of drug-likeness (QED) is 0.697. The SMILES string of the molecule is CCN1c2nc(N)nc(C)c2OC(=O)C1C. The van der Waals surface area contributed by atoms with E-state index in [2.05, 4.69) is 9.97 Å². The van der Waals surface area contributed by atoms with E-state index in [0.717, 1.165) is 0 Å². The third-order valence-corrected chi connectivity index (χ3v) is 2.66. The molecule has 16 heavy (non-hydrogen) atoms. The van der Waals surface area contributed by atoms with Crippen LogP contribution in [0.1, 0.15) is 19.5 Å². The fourth-order valence-electron chi connectivity index (χ4n) is 1.80. The molecule has 0 saturated heterocycles. The molecule has 2 heterocycles. The molecule has 86 valence electrons. The van der Waals surface area contributed by atoms with E-state index in [1.54, 1.807) is 13.8 Å². The highest BCUT2D eigenvalue weighted by atomic mass is 16.5. The zero-order valence-electron chi connectivity index (χ0n) is 9.52. The summed E-state index contributed by atoms with van der Waals surface area (Å²) in [5.41, 5.74) is 6.17. The Labute approximate surface area is 93.4 Å². The zero-order chi connectivity index (χ0) is 11.9. The number of carbonyl (C=O) groups excluding carboxylic acids is 1. The van der Waals surface area contributed by atoms with Crippen molar-refractivity contribution in [2.45, 2.75) is 26.8 Å². The molecule has 1 aliphatic rings. The molecule has 2 rings (SSSR count). The molecule has 1 aromatic rings. The number of ether oxygens (including phenoxy) is 1. The molecule has 0 spiro atoms. The average molecular weight is 222 g/mol. The lowest BCUT2D eigenvalue weighted by Gasteiger charge is -2.33. The largest absolute Gasteiger partial charge is 0.419 e. The first kappa shape index (κ1) is 10.7. The normalized spacial score (nSPS) is 19.3. The topological polar surface area (TPSA) is 81.3 Å². The summed E-state index contributed by atoms with van der Waals surface area (Å²) in [7, 11) is 0. The molecule has 0 bridgehead atoms. The predicted molar refractivity (Wildman–Crippen MR) is 59.3 cm³/mol. The molecule has 0 fully saturated rings. The minimum Gasteiger partial charge on any atom is -0.419 e. The molecule has 6 nitrogen and oxygen atoms in total. The molecule has 0 amide bonds. The van der Waals surface area contributed by atoms with Gasteiger partial charge in [0.1, 0.15) is 6.04 Å². The van der Waals surface area contributed by atoms with Gasteiger partial charge in [-0.2, -0.15) is 4.98 Å². The number of nitrogens with two attached hydrogens (primary N) is 1. The first-order valence-electron chi connectivity index (χ1n) is 5.17. The Bertz CT molecular complexity index is 447. The molecule has 1 unspecified atom stereocenters. The van der Waals surface area contributed by atoms with Gasteiger partial charge in [-0.05, 0) is 20.8 Å². The Morgan fingerprint density at radius 3 is 2.81 bits per heavy atom. The van der Waals surface area contributed by atoms with E-state index in [1.807, 2.05) is 11.8 Å². The molecule has 0 saturated carbocycles. The second-order valence-corrected chi connectivity index (χ2v) is 3.70. The number of esters is 1. The fraction of sp³-hybridized carbons (Fsp3) is 0.500. The highest BCUT2D eigenvalue weighted by Crippen LogP contribution is 2.34. The van der Waals surface area contributed by atoms with Gasteiger partial charge in [0.05, 0.1) is 5.69 Å². The van der Waals surface area contributed by atoms with E-state index in [4.69, 9.17) is 10.5 Å². The van der Waals surface area contributed by atoms with Crippen LogP contribution < -0.4 is 15.4 Å². The van der Waals surface area contributed by atoms with Crippen molar-refractivity contribution < 1.29 is 9.53 Å². The maximum atomic E-state index is 11.6. The van der Waals surface area contributed by atoms with E-state index in [0.29, 0.717) is 23.8 Å². The summed E-state index contributed by atoms with van der Waals surface area (Å²) in [6, 6.07) is -0.341. The van der Waals surface area contributed by atoms with E-state index in [9.17, 15) is 4.79 Å². The van der Waals surface area contributed by atoms with Gasteiger partial charge < -0.3 is 15.4 Å². The maximum absolute atomic E-state index is 11.6. The minimum absolute atomic E-state index is 0.194. The first-order valence-corrected chi connectivity index (χ1v) is 5.17. The summed E-state index contributed by atoms with van der Waals surface area (Å²) in [6.07, 6.45) is 0. The number of nitrogens with zero attached hydrogens (tertiary/aromatic N) is 3. The van der Waals surface area contributed by atoms with Crippen molar-refractivity contribution in [1.29, 1.82) is 0 Å². The summed E-state index contributed by atoms with van der Waals surface area (Å²) in [4.78, 5) is 21.6. The van der Waals surface area contributed by atoms with Crippen molar-refractivity contribution in [3.05, 3.63) is 5.69 Å². The maximum Gasteiger partial charge on any atom is 0.334 e. The number of aryl methyl sites for hydroxylation is 1. The number of carbonyl (C=O) groups is 1. The van der Waals surface area contributed by atoms with Crippen LogP contribution >= 0.6 is 0 Å². The van der Waals surface area contributed by atoms with Crippen LogP contribution in [-0.2, 0) is 4.79 Å². The Hall–Kier alpha value is -1.85. The monoisotopic (exact) mass is 222 g/mol. The number of hydrogen-bond acceptors (Lipinski definition) is 6. The summed E-state index contributed by atoms with van der Waals surface area (Å²) in [5, 5.41) is 0. The summed E-state index contributed by atoms with van der Waals surface area (Å²) in [6.45, 7) is 6.14. The van der Waals surface area contributed by atoms with Crippen molar-refractivity contribution >= 4 is 17.7 Å². The van der Waals surface area contributed by atoms with Gasteiger partial charge in [0.15, 0.2) is 11.6 Å². The predicted octanol–water partition coefficient (Wildman–Crippen LogP) is 0.501. The summed E-state index contributed by atoms with van der Waals surface area (Å²) in [5.74, 6) is 0.921. The number of hydrogen-bond donors (Lipinski definition) is 1. The molecular formula is C10H14N4O2. The van der Waals surface area contributed by atoms with Gasteiger partial charge in [0, 0.05) is 6.54 Å². The van der Waals surface area contributed by atoms with Crippen molar-refractivity contribution in [1.82, 2.24) is 9.97 Å². The van der Waals surface area contributed by atoms with Gasteiger partial charge in [0.25, 0.3) is 0 Å². The van der Waals surface area contributed by atoms with Crippen LogP contribution in [0.3, 0.4) is 0 Å². The van der Waals surface area contributed by atoms with Gasteiger partial charge in [-0.25, -0.2) is 9.78 Å². The molecule has 0 radical (unpaired) electrons. The standard InChI is InChI=1S/C10H14N4O2/c1-4-14-6(3)9(15)16-7-5(2)12-10(11)13-8(7)14/h6H,4H2,1-3H3,(H2,11,12,13). The third kappa shape index (κ3) is 1.46. The van der Waals surface area contributed by atoms with Crippen LogP contribution in [0.25, 0.3) is 0 Å². The van der Waals surface area contributed by atoms with Gasteiger partial charge >= 0.3 is 5.97 Å². The summed E-state index contributed by atoms with van der Waals surface area (Å²) >= 11 is 0. The van der Waals surface area contributed by atoms with E-state index < -0.39 is 0 Å².